The molecule has 38 heavy (non-hydrogen) atoms. The molecular formula is C31H36Cl2N2O3. The molecule has 0 fully saturated rings. The third-order valence-electron chi connectivity index (χ3n) is 6.70. The summed E-state index contributed by atoms with van der Waals surface area (Å²) in [5, 5.41) is 11.9. The van der Waals surface area contributed by atoms with Crippen molar-refractivity contribution < 1.29 is 14.6 Å². The summed E-state index contributed by atoms with van der Waals surface area (Å²) in [4.78, 5) is 17.2. The Morgan fingerprint density at radius 3 is 2.26 bits per heavy atom. The van der Waals surface area contributed by atoms with Crippen LogP contribution in [-0.2, 0) is 19.6 Å². The summed E-state index contributed by atoms with van der Waals surface area (Å²) < 4.78 is 6.30. The molecule has 5 nitrogen and oxygen atoms in total. The van der Waals surface area contributed by atoms with Crippen molar-refractivity contribution in [1.82, 2.24) is 4.98 Å². The van der Waals surface area contributed by atoms with Crippen molar-refractivity contribution in [2.45, 2.75) is 54.2 Å². The van der Waals surface area contributed by atoms with Crippen molar-refractivity contribution >= 4 is 41.6 Å². The molecule has 4 aromatic rings. The highest BCUT2D eigenvalue weighted by atomic mass is 35.5. The number of halogens is 2. The Balaban J connectivity index is 0.00000253. The number of rotatable bonds is 8. The second kappa shape index (κ2) is 13.1. The van der Waals surface area contributed by atoms with Gasteiger partial charge in [-0.15, -0.1) is 24.8 Å². The zero-order valence-electron chi connectivity index (χ0n) is 22.5. The summed E-state index contributed by atoms with van der Waals surface area (Å²) in [6, 6.07) is 18.0. The van der Waals surface area contributed by atoms with E-state index in [9.17, 15) is 9.90 Å². The van der Waals surface area contributed by atoms with E-state index in [1.54, 1.807) is 0 Å². The number of hydrogen-bond acceptors (Lipinski definition) is 4. The molecule has 0 spiro atoms. The van der Waals surface area contributed by atoms with Gasteiger partial charge in [-0.2, -0.15) is 0 Å². The number of aromatic carboxylic acids is 1. The maximum Gasteiger partial charge on any atom is 0.339 e. The first kappa shape index (κ1) is 31.1. The van der Waals surface area contributed by atoms with E-state index in [-0.39, 0.29) is 37.0 Å². The predicted octanol–water partition coefficient (Wildman–Crippen LogP) is 7.61. The van der Waals surface area contributed by atoms with Crippen LogP contribution in [-0.4, -0.2) is 16.1 Å². The van der Waals surface area contributed by atoms with Crippen molar-refractivity contribution in [3.8, 4) is 16.9 Å². The van der Waals surface area contributed by atoms with Gasteiger partial charge in [-0.3, -0.25) is 4.98 Å². The number of benzene rings is 3. The second-order valence-electron chi connectivity index (χ2n) is 9.83. The van der Waals surface area contributed by atoms with E-state index < -0.39 is 5.97 Å². The Kier molecular flexibility index (Phi) is 10.7. The molecule has 0 radical (unpaired) electrons. The summed E-state index contributed by atoms with van der Waals surface area (Å²) in [5.41, 5.74) is 14.3. The Bertz CT molecular complexity index is 1430. The molecule has 1 aromatic heterocycles. The van der Waals surface area contributed by atoms with Gasteiger partial charge < -0.3 is 15.6 Å². The Labute approximate surface area is 237 Å². The van der Waals surface area contributed by atoms with Gasteiger partial charge in [0.05, 0.1) is 0 Å². The number of aromatic nitrogens is 1. The van der Waals surface area contributed by atoms with E-state index in [2.05, 4.69) is 45.0 Å². The molecule has 3 aromatic carbocycles. The van der Waals surface area contributed by atoms with Gasteiger partial charge >= 0.3 is 5.97 Å². The van der Waals surface area contributed by atoms with Crippen LogP contribution in [0.5, 0.6) is 5.75 Å². The molecule has 0 saturated carbocycles. The fourth-order valence-electron chi connectivity index (χ4n) is 4.89. The first-order valence-corrected chi connectivity index (χ1v) is 12.4. The number of nitrogens with two attached hydrogens (primary N) is 1. The molecule has 1 heterocycles. The number of nitrogens with zero attached hydrogens (tertiary/aromatic N) is 1. The molecule has 0 aliphatic rings. The summed E-state index contributed by atoms with van der Waals surface area (Å²) in [6.45, 7) is 10.8. The van der Waals surface area contributed by atoms with Crippen LogP contribution in [0.25, 0.3) is 21.9 Å². The van der Waals surface area contributed by atoms with Crippen LogP contribution >= 0.6 is 24.8 Å². The van der Waals surface area contributed by atoms with Gasteiger partial charge in [0.15, 0.2) is 0 Å². The molecule has 0 aliphatic heterocycles. The van der Waals surface area contributed by atoms with Gasteiger partial charge in [-0.1, -0.05) is 67.9 Å². The molecule has 0 atom stereocenters. The maximum absolute atomic E-state index is 12.2. The number of pyridine rings is 1. The lowest BCUT2D eigenvalue weighted by atomic mass is 9.90. The maximum atomic E-state index is 12.2. The van der Waals surface area contributed by atoms with Crippen LogP contribution in [0.3, 0.4) is 0 Å². The number of hydrogen-bond donors (Lipinski definition) is 2. The van der Waals surface area contributed by atoms with Crippen LogP contribution in [0.15, 0.2) is 54.6 Å². The minimum Gasteiger partial charge on any atom is -0.488 e. The summed E-state index contributed by atoms with van der Waals surface area (Å²) in [6.07, 6.45) is 0.834. The Hall–Kier alpha value is -3.12. The SMILES string of the molecule is Cc1ccc(-c2c(COc3cc4ccccc4c(C)c3C(=O)O)c(C)nc(CC(C)C)c2CN)cc1.Cl.Cl. The highest BCUT2D eigenvalue weighted by Gasteiger charge is 2.22. The van der Waals surface area contributed by atoms with Crippen molar-refractivity contribution in [3.63, 3.8) is 0 Å². The first-order chi connectivity index (χ1) is 17.2. The van der Waals surface area contributed by atoms with Crippen LogP contribution < -0.4 is 10.5 Å². The van der Waals surface area contributed by atoms with Gasteiger partial charge in [0.2, 0.25) is 0 Å². The predicted molar refractivity (Wildman–Crippen MR) is 160 cm³/mol. The van der Waals surface area contributed by atoms with E-state index in [1.165, 1.54) is 5.56 Å². The molecule has 0 bridgehead atoms. The number of carboxylic acids is 1. The monoisotopic (exact) mass is 554 g/mol. The van der Waals surface area contributed by atoms with E-state index in [0.717, 1.165) is 50.8 Å². The van der Waals surface area contributed by atoms with E-state index >= 15 is 0 Å². The zero-order chi connectivity index (χ0) is 26.0. The molecule has 0 saturated heterocycles. The van der Waals surface area contributed by atoms with Crippen LogP contribution in [0.4, 0.5) is 0 Å². The van der Waals surface area contributed by atoms with E-state index in [0.29, 0.717) is 23.8 Å². The Morgan fingerprint density at radius 2 is 1.66 bits per heavy atom. The smallest absolute Gasteiger partial charge is 0.339 e. The molecule has 0 unspecified atom stereocenters. The lowest BCUT2D eigenvalue weighted by Crippen LogP contribution is -2.15. The second-order valence-corrected chi connectivity index (χ2v) is 9.83. The number of carbonyl (C=O) groups is 1. The summed E-state index contributed by atoms with van der Waals surface area (Å²) >= 11 is 0. The highest BCUT2D eigenvalue weighted by molar-refractivity contribution is 6.00. The average molecular weight is 556 g/mol. The van der Waals surface area contributed by atoms with Crippen LogP contribution in [0, 0.1) is 26.7 Å². The molecule has 0 amide bonds. The van der Waals surface area contributed by atoms with Gasteiger partial charge in [0.1, 0.15) is 17.9 Å². The number of carboxylic acid groups (broad SMARTS) is 1. The quantitative estimate of drug-likeness (QED) is 0.234. The number of aryl methyl sites for hydroxylation is 3. The van der Waals surface area contributed by atoms with Crippen LogP contribution in [0.1, 0.15) is 57.8 Å². The standard InChI is InChI=1S/C31H34N2O3.2ClH/c1-18(2)14-27-25(16-32)30(22-12-10-19(3)11-13-22)26(21(5)33-27)17-36-28-15-23-8-6-7-9-24(23)20(4)29(28)31(34)35;;/h6-13,15,18H,14,16-17,32H2,1-5H3,(H,34,35);2*1H. The first-order valence-electron chi connectivity index (χ1n) is 12.4. The van der Waals surface area contributed by atoms with E-state index in [4.69, 9.17) is 15.5 Å². The molecule has 0 aliphatic carbocycles. The molecule has 202 valence electrons. The Morgan fingerprint density at radius 1 is 1.00 bits per heavy atom. The normalized spacial score (nSPS) is 10.7. The van der Waals surface area contributed by atoms with E-state index in [1.807, 2.05) is 44.2 Å². The fourth-order valence-corrected chi connectivity index (χ4v) is 4.89. The molecular weight excluding hydrogens is 519 g/mol. The average Bonchev–Trinajstić information content (AvgIpc) is 2.83. The molecule has 7 heteroatoms. The lowest BCUT2D eigenvalue weighted by molar-refractivity contribution is 0.0691. The lowest BCUT2D eigenvalue weighted by Gasteiger charge is -2.22. The summed E-state index contributed by atoms with van der Waals surface area (Å²) in [7, 11) is 0. The molecule has 4 rings (SSSR count). The molecule has 3 N–H and O–H groups in total. The van der Waals surface area contributed by atoms with Crippen molar-refractivity contribution in [3.05, 3.63) is 93.8 Å². The minimum atomic E-state index is -1.00. The largest absolute Gasteiger partial charge is 0.488 e. The van der Waals surface area contributed by atoms with Crippen LogP contribution in [0.2, 0.25) is 0 Å². The van der Waals surface area contributed by atoms with Crippen molar-refractivity contribution in [2.75, 3.05) is 0 Å². The van der Waals surface area contributed by atoms with Gasteiger partial charge in [0, 0.05) is 23.5 Å². The summed E-state index contributed by atoms with van der Waals surface area (Å²) in [5.74, 6) is -0.209. The third-order valence-corrected chi connectivity index (χ3v) is 6.70. The number of ether oxygens (including phenoxy) is 1. The fraction of sp³-hybridized carbons (Fsp3) is 0.290. The van der Waals surface area contributed by atoms with Gasteiger partial charge in [-0.05, 0) is 72.2 Å². The number of fused-ring (bicyclic) bond motifs is 1. The minimum absolute atomic E-state index is 0. The topological polar surface area (TPSA) is 85.4 Å². The van der Waals surface area contributed by atoms with Gasteiger partial charge in [-0.25, -0.2) is 4.79 Å². The van der Waals surface area contributed by atoms with Crippen molar-refractivity contribution in [1.29, 1.82) is 0 Å². The highest BCUT2D eigenvalue weighted by Crippen LogP contribution is 2.35. The zero-order valence-corrected chi connectivity index (χ0v) is 24.1. The third kappa shape index (κ3) is 6.29. The van der Waals surface area contributed by atoms with Gasteiger partial charge in [0.25, 0.3) is 0 Å². The van der Waals surface area contributed by atoms with Crippen molar-refractivity contribution in [2.24, 2.45) is 11.7 Å².